The Morgan fingerprint density at radius 1 is 1.17 bits per heavy atom. The van der Waals surface area contributed by atoms with Crippen molar-refractivity contribution in [3.63, 3.8) is 0 Å². The molecule has 1 aromatic carbocycles. The molecule has 1 fully saturated rings. The Morgan fingerprint density at radius 3 is 2.39 bits per heavy atom. The van der Waals surface area contributed by atoms with E-state index in [1.165, 1.54) is 0 Å². The molecule has 0 aromatic heterocycles. The van der Waals surface area contributed by atoms with Gasteiger partial charge >= 0.3 is 5.97 Å². The van der Waals surface area contributed by atoms with E-state index in [2.05, 4.69) is 4.90 Å². The van der Waals surface area contributed by atoms with Crippen molar-refractivity contribution in [2.45, 2.75) is 6.10 Å². The zero-order chi connectivity index (χ0) is 16.7. The van der Waals surface area contributed by atoms with Crippen molar-refractivity contribution in [1.29, 1.82) is 0 Å². The minimum Gasteiger partial charge on any atom is -0.493 e. The summed E-state index contributed by atoms with van der Waals surface area (Å²) in [6.07, 6.45) is -0.606. The minimum atomic E-state index is -0.802. The molecule has 7 heteroatoms. The van der Waals surface area contributed by atoms with Crippen LogP contribution in [0.5, 0.6) is 11.5 Å². The van der Waals surface area contributed by atoms with Crippen LogP contribution < -0.4 is 9.47 Å². The summed E-state index contributed by atoms with van der Waals surface area (Å²) in [5.41, 5.74) is 0. The lowest BCUT2D eigenvalue weighted by Crippen LogP contribution is -2.50. The van der Waals surface area contributed by atoms with Crippen molar-refractivity contribution in [1.82, 2.24) is 9.80 Å². The summed E-state index contributed by atoms with van der Waals surface area (Å²) in [6.45, 7) is 3.68. The molecule has 1 aromatic rings. The summed E-state index contributed by atoms with van der Waals surface area (Å²) in [4.78, 5) is 14.7. The Morgan fingerprint density at radius 2 is 1.78 bits per heavy atom. The Hall–Kier alpha value is -1.83. The highest BCUT2D eigenvalue weighted by atomic mass is 16.5. The number of aliphatic hydroxyl groups excluding tert-OH is 1. The molecule has 1 aliphatic heterocycles. The molecule has 23 heavy (non-hydrogen) atoms. The first-order valence-electron chi connectivity index (χ1n) is 7.69. The number of ether oxygens (including phenoxy) is 2. The van der Waals surface area contributed by atoms with Gasteiger partial charge < -0.3 is 19.7 Å². The molecular weight excluding hydrogens is 300 g/mol. The normalized spacial score (nSPS) is 17.7. The van der Waals surface area contributed by atoms with Gasteiger partial charge in [-0.3, -0.25) is 14.6 Å². The smallest absolute Gasteiger partial charge is 0.317 e. The first kappa shape index (κ1) is 17.5. The molecule has 1 heterocycles. The second-order valence-electron chi connectivity index (χ2n) is 5.59. The number of rotatable bonds is 8. The van der Waals surface area contributed by atoms with E-state index in [9.17, 15) is 9.90 Å². The molecule has 0 radical (unpaired) electrons. The van der Waals surface area contributed by atoms with Gasteiger partial charge in [0.1, 0.15) is 12.7 Å². The number of hydrogen-bond donors (Lipinski definition) is 2. The maximum atomic E-state index is 10.7. The highest BCUT2D eigenvalue weighted by Gasteiger charge is 2.20. The van der Waals surface area contributed by atoms with E-state index in [1.54, 1.807) is 13.2 Å². The van der Waals surface area contributed by atoms with Crippen LogP contribution in [-0.4, -0.2) is 85.1 Å². The Bertz CT molecular complexity index is 503. The number of carboxylic acids is 1. The summed E-state index contributed by atoms with van der Waals surface area (Å²) >= 11 is 0. The third-order valence-electron chi connectivity index (χ3n) is 3.79. The van der Waals surface area contributed by atoms with Gasteiger partial charge in [-0.15, -0.1) is 0 Å². The van der Waals surface area contributed by atoms with Crippen LogP contribution in [0.15, 0.2) is 24.3 Å². The molecule has 0 saturated carbocycles. The first-order chi connectivity index (χ1) is 11.1. The van der Waals surface area contributed by atoms with Crippen molar-refractivity contribution >= 4 is 5.97 Å². The lowest BCUT2D eigenvalue weighted by atomic mass is 10.2. The number of hydrogen-bond acceptors (Lipinski definition) is 6. The molecule has 2 N–H and O–H groups in total. The van der Waals surface area contributed by atoms with E-state index in [0.29, 0.717) is 31.1 Å². The topological polar surface area (TPSA) is 82.5 Å². The lowest BCUT2D eigenvalue weighted by Gasteiger charge is -2.34. The van der Waals surface area contributed by atoms with Crippen molar-refractivity contribution in [2.75, 3.05) is 53.0 Å². The number of β-amino-alcohol motifs (C(OH)–C–C–N with tert-alkyl or cyclic N) is 1. The predicted molar refractivity (Wildman–Crippen MR) is 85.0 cm³/mol. The minimum absolute atomic E-state index is 0.0767. The number of piperazine rings is 1. The fraction of sp³-hybridized carbons (Fsp3) is 0.562. The first-order valence-corrected chi connectivity index (χ1v) is 7.69. The summed E-state index contributed by atoms with van der Waals surface area (Å²) in [7, 11) is 1.58. The molecule has 7 nitrogen and oxygen atoms in total. The lowest BCUT2D eigenvalue weighted by molar-refractivity contribution is -0.138. The number of para-hydroxylation sites is 2. The average molecular weight is 324 g/mol. The van der Waals surface area contributed by atoms with Crippen molar-refractivity contribution < 1.29 is 24.5 Å². The number of benzene rings is 1. The van der Waals surface area contributed by atoms with Crippen molar-refractivity contribution in [3.8, 4) is 11.5 Å². The quantitative estimate of drug-likeness (QED) is 0.704. The fourth-order valence-electron chi connectivity index (χ4n) is 2.60. The molecule has 128 valence electrons. The third kappa shape index (κ3) is 5.70. The van der Waals surface area contributed by atoms with E-state index in [-0.39, 0.29) is 13.2 Å². The maximum Gasteiger partial charge on any atom is 0.317 e. The van der Waals surface area contributed by atoms with Crippen LogP contribution in [-0.2, 0) is 4.79 Å². The summed E-state index contributed by atoms with van der Waals surface area (Å²) in [5, 5.41) is 18.9. The monoisotopic (exact) mass is 324 g/mol. The highest BCUT2D eigenvalue weighted by molar-refractivity contribution is 5.69. The summed E-state index contributed by atoms with van der Waals surface area (Å²) in [6, 6.07) is 7.32. The molecule has 2 rings (SSSR count). The summed E-state index contributed by atoms with van der Waals surface area (Å²) < 4.78 is 10.8. The van der Waals surface area contributed by atoms with Gasteiger partial charge in [-0.25, -0.2) is 0 Å². The van der Waals surface area contributed by atoms with E-state index in [0.717, 1.165) is 13.1 Å². The SMILES string of the molecule is COc1ccccc1OCC(O)CN1CCN(CC(=O)O)CC1. The molecule has 1 saturated heterocycles. The van der Waals surface area contributed by atoms with Gasteiger partial charge in [-0.1, -0.05) is 12.1 Å². The molecule has 0 bridgehead atoms. The van der Waals surface area contributed by atoms with Crippen molar-refractivity contribution in [3.05, 3.63) is 24.3 Å². The highest BCUT2D eigenvalue weighted by Crippen LogP contribution is 2.25. The van der Waals surface area contributed by atoms with Gasteiger partial charge in [0, 0.05) is 32.7 Å². The number of carboxylic acid groups (broad SMARTS) is 1. The van der Waals surface area contributed by atoms with E-state index < -0.39 is 12.1 Å². The zero-order valence-corrected chi connectivity index (χ0v) is 13.4. The Labute approximate surface area is 136 Å². The molecule has 1 atom stereocenters. The predicted octanol–water partition coefficient (Wildman–Crippen LogP) is 0.137. The van der Waals surface area contributed by atoms with Crippen LogP contribution in [0.3, 0.4) is 0 Å². The van der Waals surface area contributed by atoms with E-state index >= 15 is 0 Å². The largest absolute Gasteiger partial charge is 0.493 e. The maximum absolute atomic E-state index is 10.7. The van der Waals surface area contributed by atoms with Crippen LogP contribution >= 0.6 is 0 Å². The average Bonchev–Trinajstić information content (AvgIpc) is 2.54. The van der Waals surface area contributed by atoms with Crippen LogP contribution in [0, 0.1) is 0 Å². The third-order valence-corrected chi connectivity index (χ3v) is 3.79. The molecular formula is C16H24N2O5. The number of aliphatic hydroxyl groups is 1. The zero-order valence-electron chi connectivity index (χ0n) is 13.4. The second kappa shape index (κ2) is 8.71. The van der Waals surface area contributed by atoms with E-state index in [4.69, 9.17) is 14.6 Å². The molecule has 0 spiro atoms. The number of aliphatic carboxylic acids is 1. The van der Waals surface area contributed by atoms with Crippen molar-refractivity contribution in [2.24, 2.45) is 0 Å². The van der Waals surface area contributed by atoms with Gasteiger partial charge in [0.2, 0.25) is 0 Å². The van der Waals surface area contributed by atoms with E-state index in [1.807, 2.05) is 23.1 Å². The molecule has 1 aliphatic rings. The fourth-order valence-corrected chi connectivity index (χ4v) is 2.60. The Kier molecular flexibility index (Phi) is 6.64. The molecule has 0 aliphatic carbocycles. The number of carbonyl (C=O) groups is 1. The number of methoxy groups -OCH3 is 1. The van der Waals surface area contributed by atoms with Crippen LogP contribution in [0.2, 0.25) is 0 Å². The Balaban J connectivity index is 1.71. The van der Waals surface area contributed by atoms with Gasteiger partial charge in [0.05, 0.1) is 13.7 Å². The second-order valence-corrected chi connectivity index (χ2v) is 5.59. The van der Waals surface area contributed by atoms with Crippen LogP contribution in [0.1, 0.15) is 0 Å². The summed E-state index contributed by atoms with van der Waals surface area (Å²) in [5.74, 6) is 0.450. The molecule has 0 amide bonds. The van der Waals surface area contributed by atoms with Gasteiger partial charge in [0.25, 0.3) is 0 Å². The van der Waals surface area contributed by atoms with Crippen LogP contribution in [0.25, 0.3) is 0 Å². The standard InChI is InChI=1S/C16H24N2O5/c1-22-14-4-2-3-5-15(14)23-12-13(19)10-17-6-8-18(9-7-17)11-16(20)21/h2-5,13,19H,6-12H2,1H3,(H,20,21). The number of nitrogens with zero attached hydrogens (tertiary/aromatic N) is 2. The van der Waals surface area contributed by atoms with Gasteiger partial charge in [-0.2, -0.15) is 0 Å². The van der Waals surface area contributed by atoms with Crippen LogP contribution in [0.4, 0.5) is 0 Å². The van der Waals surface area contributed by atoms with Gasteiger partial charge in [-0.05, 0) is 12.1 Å². The molecule has 1 unspecified atom stereocenters. The van der Waals surface area contributed by atoms with Gasteiger partial charge in [0.15, 0.2) is 11.5 Å².